The first-order valence-corrected chi connectivity index (χ1v) is 6.54. The van der Waals surface area contributed by atoms with Crippen LogP contribution in [0.3, 0.4) is 0 Å². The van der Waals surface area contributed by atoms with Gasteiger partial charge in [-0.05, 0) is 37.1 Å². The molecule has 2 heterocycles. The molecule has 3 rings (SSSR count). The molecule has 0 saturated carbocycles. The number of allylic oxidation sites excluding steroid dienone is 1. The Balaban J connectivity index is 2.58. The SMILES string of the molecule is C=CCn1c2nc(=O)[nH]c(=O)c-2nc2cc(C)c(C)cc21. The lowest BCUT2D eigenvalue weighted by Gasteiger charge is -2.16. The van der Waals surface area contributed by atoms with Crippen LogP contribution in [0.1, 0.15) is 11.1 Å². The van der Waals surface area contributed by atoms with Crippen LogP contribution < -0.4 is 11.2 Å². The molecule has 0 aromatic heterocycles. The van der Waals surface area contributed by atoms with Crippen LogP contribution >= 0.6 is 0 Å². The molecule has 2 aliphatic heterocycles. The second-order valence-corrected chi connectivity index (χ2v) is 4.98. The molecule has 0 unspecified atom stereocenters. The molecule has 0 aliphatic carbocycles. The summed E-state index contributed by atoms with van der Waals surface area (Å²) in [6, 6.07) is 3.90. The fourth-order valence-electron chi connectivity index (χ4n) is 2.36. The summed E-state index contributed by atoms with van der Waals surface area (Å²) >= 11 is 0. The van der Waals surface area contributed by atoms with Crippen molar-refractivity contribution in [2.75, 3.05) is 0 Å². The summed E-state index contributed by atoms with van der Waals surface area (Å²) in [7, 11) is 0. The highest BCUT2D eigenvalue weighted by molar-refractivity contribution is 5.81. The number of nitrogens with zero attached hydrogens (tertiary/aromatic N) is 3. The number of aromatic nitrogens is 4. The van der Waals surface area contributed by atoms with Crippen molar-refractivity contribution in [2.45, 2.75) is 20.4 Å². The van der Waals surface area contributed by atoms with Crippen LogP contribution in [-0.2, 0) is 6.54 Å². The van der Waals surface area contributed by atoms with Crippen molar-refractivity contribution in [3.8, 4) is 11.5 Å². The van der Waals surface area contributed by atoms with E-state index >= 15 is 0 Å². The molecule has 1 N–H and O–H groups in total. The van der Waals surface area contributed by atoms with E-state index in [-0.39, 0.29) is 11.5 Å². The Bertz CT molecular complexity index is 952. The monoisotopic (exact) mass is 282 g/mol. The van der Waals surface area contributed by atoms with Crippen molar-refractivity contribution < 1.29 is 0 Å². The standard InChI is InChI=1S/C15H14N4O2/c1-4-5-19-11-7-9(3)8(2)6-10(11)16-12-13(19)17-15(21)18-14(12)20/h4,6-7H,1,5H2,2-3H3,(H,18,20,21). The summed E-state index contributed by atoms with van der Waals surface area (Å²) < 4.78 is 1.79. The smallest absolute Gasteiger partial charge is 0.318 e. The van der Waals surface area contributed by atoms with Crippen LogP contribution in [0.15, 0.2) is 34.4 Å². The van der Waals surface area contributed by atoms with Gasteiger partial charge in [-0.1, -0.05) is 6.08 Å². The number of aromatic amines is 1. The predicted molar refractivity (Wildman–Crippen MR) is 80.7 cm³/mol. The molecule has 0 atom stereocenters. The van der Waals surface area contributed by atoms with E-state index in [4.69, 9.17) is 0 Å². The van der Waals surface area contributed by atoms with Gasteiger partial charge in [0.05, 0.1) is 11.0 Å². The van der Waals surface area contributed by atoms with Crippen LogP contribution in [-0.4, -0.2) is 19.5 Å². The Hall–Kier alpha value is -2.76. The molecule has 6 heteroatoms. The first-order chi connectivity index (χ1) is 10.0. The minimum atomic E-state index is -0.671. The Labute approximate surface area is 120 Å². The topological polar surface area (TPSA) is 80.6 Å². The maximum absolute atomic E-state index is 12.0. The van der Waals surface area contributed by atoms with E-state index in [0.29, 0.717) is 12.1 Å². The first kappa shape index (κ1) is 13.2. The predicted octanol–water partition coefficient (Wildman–Crippen LogP) is 1.39. The van der Waals surface area contributed by atoms with E-state index in [1.54, 1.807) is 10.6 Å². The lowest BCUT2D eigenvalue weighted by atomic mass is 10.1. The second kappa shape index (κ2) is 4.66. The Kier molecular flexibility index (Phi) is 2.94. The summed E-state index contributed by atoms with van der Waals surface area (Å²) in [6.07, 6.45) is 1.70. The van der Waals surface area contributed by atoms with Gasteiger partial charge in [0.2, 0.25) is 0 Å². The van der Waals surface area contributed by atoms with Gasteiger partial charge in [-0.15, -0.1) is 6.58 Å². The van der Waals surface area contributed by atoms with Crippen molar-refractivity contribution in [1.29, 1.82) is 0 Å². The first-order valence-electron chi connectivity index (χ1n) is 6.54. The normalized spacial score (nSPS) is 11.1. The van der Waals surface area contributed by atoms with E-state index in [1.807, 2.05) is 26.0 Å². The number of benzene rings is 1. The van der Waals surface area contributed by atoms with Crippen LogP contribution in [0.2, 0.25) is 0 Å². The number of hydrogen-bond acceptors (Lipinski definition) is 4. The number of H-pyrrole nitrogens is 1. The zero-order valence-electron chi connectivity index (χ0n) is 11.8. The minimum Gasteiger partial charge on any atom is -0.318 e. The molecule has 0 bridgehead atoms. The molecule has 0 spiro atoms. The van der Waals surface area contributed by atoms with Crippen LogP contribution in [0.4, 0.5) is 0 Å². The Morgan fingerprint density at radius 3 is 2.67 bits per heavy atom. The summed E-state index contributed by atoms with van der Waals surface area (Å²) in [5, 5.41) is 0. The molecular weight excluding hydrogens is 268 g/mol. The maximum atomic E-state index is 12.0. The molecule has 6 nitrogen and oxygen atoms in total. The lowest BCUT2D eigenvalue weighted by Crippen LogP contribution is -2.28. The van der Waals surface area contributed by atoms with Crippen molar-refractivity contribution in [1.82, 2.24) is 19.5 Å². The third kappa shape index (κ3) is 2.05. The molecule has 0 radical (unpaired) electrons. The molecule has 0 saturated heterocycles. The van der Waals surface area contributed by atoms with Gasteiger partial charge in [-0.2, -0.15) is 4.98 Å². The second-order valence-electron chi connectivity index (χ2n) is 4.98. The summed E-state index contributed by atoms with van der Waals surface area (Å²) in [5.41, 5.74) is 2.67. The van der Waals surface area contributed by atoms with Gasteiger partial charge in [0.1, 0.15) is 0 Å². The van der Waals surface area contributed by atoms with Crippen LogP contribution in [0.5, 0.6) is 0 Å². The van der Waals surface area contributed by atoms with Crippen molar-refractivity contribution in [2.24, 2.45) is 0 Å². The molecule has 21 heavy (non-hydrogen) atoms. The maximum Gasteiger partial charge on any atom is 0.349 e. The van der Waals surface area contributed by atoms with Gasteiger partial charge in [0.15, 0.2) is 11.5 Å². The van der Waals surface area contributed by atoms with E-state index < -0.39 is 11.2 Å². The minimum absolute atomic E-state index is 0.159. The highest BCUT2D eigenvalue weighted by Gasteiger charge is 2.18. The highest BCUT2D eigenvalue weighted by Crippen LogP contribution is 2.23. The number of hydrogen-bond donors (Lipinski definition) is 1. The van der Waals surface area contributed by atoms with E-state index in [0.717, 1.165) is 16.6 Å². The van der Waals surface area contributed by atoms with Gasteiger partial charge in [-0.25, -0.2) is 9.78 Å². The number of nitrogens with one attached hydrogen (secondary N) is 1. The fourth-order valence-corrected chi connectivity index (χ4v) is 2.36. The van der Waals surface area contributed by atoms with Crippen molar-refractivity contribution >= 4 is 11.0 Å². The molecule has 0 amide bonds. The van der Waals surface area contributed by atoms with Gasteiger partial charge < -0.3 is 4.57 Å². The molecule has 2 aliphatic rings. The molecule has 1 aromatic rings. The van der Waals surface area contributed by atoms with E-state index in [2.05, 4.69) is 21.5 Å². The zero-order chi connectivity index (χ0) is 15.1. The number of fused-ring (bicyclic) bond motifs is 2. The molecule has 1 aromatic carbocycles. The average Bonchev–Trinajstić information content (AvgIpc) is 2.42. The largest absolute Gasteiger partial charge is 0.349 e. The quantitative estimate of drug-likeness (QED) is 0.569. The Morgan fingerprint density at radius 1 is 1.24 bits per heavy atom. The molecular formula is C15H14N4O2. The molecule has 106 valence electrons. The Morgan fingerprint density at radius 2 is 1.95 bits per heavy atom. The summed E-state index contributed by atoms with van der Waals surface area (Å²) in [5.74, 6) is 0.277. The lowest BCUT2D eigenvalue weighted by molar-refractivity contribution is 0.808. The number of aryl methyl sites for hydroxylation is 2. The van der Waals surface area contributed by atoms with Crippen LogP contribution in [0, 0.1) is 13.8 Å². The average molecular weight is 282 g/mol. The van der Waals surface area contributed by atoms with Gasteiger partial charge in [0.25, 0.3) is 5.56 Å². The summed E-state index contributed by atoms with van der Waals surface area (Å²) in [6.45, 7) is 8.15. The van der Waals surface area contributed by atoms with Gasteiger partial charge >= 0.3 is 5.69 Å². The summed E-state index contributed by atoms with van der Waals surface area (Å²) in [4.78, 5) is 33.8. The highest BCUT2D eigenvalue weighted by atomic mass is 16.2. The third-order valence-electron chi connectivity index (χ3n) is 3.54. The van der Waals surface area contributed by atoms with Crippen molar-refractivity contribution in [3.63, 3.8) is 0 Å². The van der Waals surface area contributed by atoms with E-state index in [1.165, 1.54) is 0 Å². The fraction of sp³-hybridized carbons (Fsp3) is 0.200. The molecule has 0 fully saturated rings. The van der Waals surface area contributed by atoms with Gasteiger partial charge in [-0.3, -0.25) is 9.78 Å². The number of rotatable bonds is 2. The zero-order valence-corrected chi connectivity index (χ0v) is 11.8. The van der Waals surface area contributed by atoms with E-state index in [9.17, 15) is 9.59 Å². The van der Waals surface area contributed by atoms with Crippen molar-refractivity contribution in [3.05, 3.63) is 56.8 Å². The third-order valence-corrected chi connectivity index (χ3v) is 3.54. The van der Waals surface area contributed by atoms with Gasteiger partial charge in [0, 0.05) is 6.54 Å². The van der Waals surface area contributed by atoms with Crippen LogP contribution in [0.25, 0.3) is 22.6 Å².